The summed E-state index contributed by atoms with van der Waals surface area (Å²) in [6, 6.07) is 11.5. The summed E-state index contributed by atoms with van der Waals surface area (Å²) in [7, 11) is 5.97. The largest absolute Gasteiger partial charge is 0.496 e. The molecular weight excluding hydrogens is 420 g/mol. The predicted octanol–water partition coefficient (Wildman–Crippen LogP) is 5.23. The number of rotatable bonds is 4. The van der Waals surface area contributed by atoms with Gasteiger partial charge in [-0.2, -0.15) is 0 Å². The zero-order chi connectivity index (χ0) is 23.3. The van der Waals surface area contributed by atoms with E-state index in [-0.39, 0.29) is 11.1 Å². The van der Waals surface area contributed by atoms with E-state index >= 15 is 0 Å². The first-order valence-corrected chi connectivity index (χ1v) is 10.8. The van der Waals surface area contributed by atoms with Gasteiger partial charge in [0.25, 0.3) is 0 Å². The molecule has 0 atom stereocenters. The Bertz CT molecular complexity index is 1360. The average molecular weight is 444 g/mol. The number of fused-ring (bicyclic) bond motifs is 3. The van der Waals surface area contributed by atoms with Gasteiger partial charge in [-0.3, -0.25) is 0 Å². The zero-order valence-electron chi connectivity index (χ0n) is 19.0. The molecule has 0 aromatic heterocycles. The maximum atomic E-state index is 12.6. The summed E-state index contributed by atoms with van der Waals surface area (Å²) < 4.78 is 21.4. The van der Waals surface area contributed by atoms with E-state index in [1.165, 1.54) is 14.2 Å². The van der Waals surface area contributed by atoms with E-state index in [9.17, 15) is 9.59 Å². The smallest absolute Gasteiger partial charge is 0.338 e. The third-order valence-corrected chi connectivity index (χ3v) is 6.63. The van der Waals surface area contributed by atoms with Gasteiger partial charge in [0, 0.05) is 11.1 Å². The molecule has 0 saturated carbocycles. The Hall–Kier alpha value is -3.80. The van der Waals surface area contributed by atoms with Crippen molar-refractivity contribution >= 4 is 44.3 Å². The average Bonchev–Trinajstić information content (AvgIpc) is 3.06. The molecule has 4 aromatic rings. The molecule has 6 heteroatoms. The first-order valence-electron chi connectivity index (χ1n) is 10.8. The number of esters is 2. The van der Waals surface area contributed by atoms with Crippen LogP contribution in [0.15, 0.2) is 36.4 Å². The maximum Gasteiger partial charge on any atom is 0.338 e. The van der Waals surface area contributed by atoms with Crippen molar-refractivity contribution in [3.8, 4) is 11.5 Å². The van der Waals surface area contributed by atoms with Gasteiger partial charge in [0.15, 0.2) is 0 Å². The number of aryl methyl sites for hydroxylation is 2. The molecule has 1 aliphatic carbocycles. The maximum absolute atomic E-state index is 12.6. The Morgan fingerprint density at radius 1 is 0.636 bits per heavy atom. The third kappa shape index (κ3) is 3.01. The topological polar surface area (TPSA) is 71.1 Å². The Labute approximate surface area is 191 Å². The van der Waals surface area contributed by atoms with Crippen molar-refractivity contribution in [1.29, 1.82) is 0 Å². The third-order valence-electron chi connectivity index (χ3n) is 6.63. The van der Waals surface area contributed by atoms with Crippen molar-refractivity contribution in [3.63, 3.8) is 0 Å². The van der Waals surface area contributed by atoms with Crippen LogP contribution < -0.4 is 9.47 Å². The summed E-state index contributed by atoms with van der Waals surface area (Å²) in [6.45, 7) is 0. The highest BCUT2D eigenvalue weighted by Crippen LogP contribution is 2.46. The van der Waals surface area contributed by atoms with Gasteiger partial charge in [-0.15, -0.1) is 0 Å². The SMILES string of the molecule is COC(=O)c1cc2c(cc1C(=O)OC)c1ccc(OC)c3c1c1c(c(OC)ccc21)CCC3. The number of benzene rings is 4. The molecular formula is C27H24O6. The minimum absolute atomic E-state index is 0.179. The summed E-state index contributed by atoms with van der Waals surface area (Å²) in [6.07, 6.45) is 2.68. The van der Waals surface area contributed by atoms with Gasteiger partial charge in [-0.25, -0.2) is 9.59 Å². The fourth-order valence-corrected chi connectivity index (χ4v) is 5.20. The molecule has 6 nitrogen and oxygen atoms in total. The van der Waals surface area contributed by atoms with Crippen molar-refractivity contribution in [1.82, 2.24) is 0 Å². The molecule has 1 aliphatic rings. The second-order valence-electron chi connectivity index (χ2n) is 8.12. The zero-order valence-corrected chi connectivity index (χ0v) is 19.0. The van der Waals surface area contributed by atoms with E-state index < -0.39 is 11.9 Å². The Morgan fingerprint density at radius 2 is 1.06 bits per heavy atom. The Morgan fingerprint density at radius 3 is 1.42 bits per heavy atom. The van der Waals surface area contributed by atoms with E-state index in [1.807, 2.05) is 24.3 Å². The van der Waals surface area contributed by atoms with E-state index in [4.69, 9.17) is 18.9 Å². The highest BCUT2D eigenvalue weighted by molar-refractivity contribution is 6.29. The van der Waals surface area contributed by atoms with Crippen LogP contribution in [0.25, 0.3) is 32.3 Å². The molecule has 0 saturated heterocycles. The molecule has 5 rings (SSSR count). The quantitative estimate of drug-likeness (QED) is 0.317. The van der Waals surface area contributed by atoms with Crippen LogP contribution in [0.3, 0.4) is 0 Å². The van der Waals surface area contributed by atoms with Crippen molar-refractivity contribution in [3.05, 3.63) is 58.7 Å². The minimum Gasteiger partial charge on any atom is -0.496 e. The van der Waals surface area contributed by atoms with E-state index in [0.29, 0.717) is 0 Å². The fraction of sp³-hybridized carbons (Fsp3) is 0.259. The number of hydrogen-bond acceptors (Lipinski definition) is 6. The highest BCUT2D eigenvalue weighted by atomic mass is 16.5. The standard InChI is InChI=1S/C27H24O6/c1-30-22-10-8-14-18-12-20(26(28)32-3)21(27(29)33-4)13-19(18)15-9-11-23(31-2)17-7-5-6-16(22)24(14)25(15)17/h8-13H,5-7H2,1-4H3. The number of ether oxygens (including phenoxy) is 4. The van der Waals surface area contributed by atoms with Gasteiger partial charge >= 0.3 is 11.9 Å². The summed E-state index contributed by atoms with van der Waals surface area (Å²) in [5, 5.41) is 5.92. The van der Waals surface area contributed by atoms with Gasteiger partial charge in [-0.1, -0.05) is 12.1 Å². The molecule has 0 radical (unpaired) electrons. The lowest BCUT2D eigenvalue weighted by atomic mass is 9.87. The van der Waals surface area contributed by atoms with Crippen LogP contribution >= 0.6 is 0 Å². The van der Waals surface area contributed by atoms with Crippen LogP contribution in [0.2, 0.25) is 0 Å². The molecule has 0 aliphatic heterocycles. The molecule has 0 unspecified atom stereocenters. The number of carbonyl (C=O) groups excluding carboxylic acids is 2. The number of carbonyl (C=O) groups is 2. The molecule has 33 heavy (non-hydrogen) atoms. The normalized spacial score (nSPS) is 12.7. The molecule has 0 amide bonds. The second-order valence-corrected chi connectivity index (χ2v) is 8.12. The summed E-state index contributed by atoms with van der Waals surface area (Å²) in [4.78, 5) is 25.2. The monoisotopic (exact) mass is 444 g/mol. The van der Waals surface area contributed by atoms with Gasteiger partial charge in [0.1, 0.15) is 11.5 Å². The van der Waals surface area contributed by atoms with Crippen LogP contribution in [0.1, 0.15) is 38.3 Å². The van der Waals surface area contributed by atoms with Crippen LogP contribution in [0.5, 0.6) is 11.5 Å². The van der Waals surface area contributed by atoms with Crippen LogP contribution in [-0.4, -0.2) is 40.4 Å². The summed E-state index contributed by atoms with van der Waals surface area (Å²) >= 11 is 0. The van der Waals surface area contributed by atoms with Crippen LogP contribution in [-0.2, 0) is 22.3 Å². The van der Waals surface area contributed by atoms with Crippen LogP contribution in [0, 0.1) is 0 Å². The van der Waals surface area contributed by atoms with Gasteiger partial charge in [0.2, 0.25) is 0 Å². The molecule has 0 N–H and O–H groups in total. The predicted molar refractivity (Wildman–Crippen MR) is 127 cm³/mol. The fourth-order valence-electron chi connectivity index (χ4n) is 5.20. The molecule has 4 aromatic carbocycles. The van der Waals surface area contributed by atoms with Crippen LogP contribution in [0.4, 0.5) is 0 Å². The first kappa shape index (κ1) is 21.1. The Balaban J connectivity index is 2.07. The highest BCUT2D eigenvalue weighted by Gasteiger charge is 2.25. The summed E-state index contributed by atoms with van der Waals surface area (Å²) in [5.74, 6) is 0.523. The van der Waals surface area contributed by atoms with E-state index in [2.05, 4.69) is 0 Å². The first-order chi connectivity index (χ1) is 16.0. The lowest BCUT2D eigenvalue weighted by Crippen LogP contribution is -2.12. The van der Waals surface area contributed by atoms with Gasteiger partial charge < -0.3 is 18.9 Å². The second kappa shape index (κ2) is 7.96. The van der Waals surface area contributed by atoms with Crippen molar-refractivity contribution in [2.45, 2.75) is 19.3 Å². The molecule has 0 heterocycles. The van der Waals surface area contributed by atoms with Crippen molar-refractivity contribution in [2.75, 3.05) is 28.4 Å². The van der Waals surface area contributed by atoms with E-state index in [1.54, 1.807) is 26.4 Å². The van der Waals surface area contributed by atoms with Gasteiger partial charge in [-0.05, 0) is 75.8 Å². The number of methoxy groups -OCH3 is 4. The van der Waals surface area contributed by atoms with E-state index in [0.717, 1.165) is 74.2 Å². The lowest BCUT2D eigenvalue weighted by Gasteiger charge is -2.19. The molecule has 0 fully saturated rings. The molecule has 0 bridgehead atoms. The lowest BCUT2D eigenvalue weighted by molar-refractivity contribution is 0.0555. The molecule has 0 spiro atoms. The Kier molecular flexibility index (Phi) is 5.08. The minimum atomic E-state index is -0.584. The number of hydrogen-bond donors (Lipinski definition) is 0. The molecule has 168 valence electrons. The van der Waals surface area contributed by atoms with Crippen molar-refractivity contribution < 1.29 is 28.5 Å². The van der Waals surface area contributed by atoms with Gasteiger partial charge in [0.05, 0.1) is 39.6 Å². The summed E-state index contributed by atoms with van der Waals surface area (Å²) in [5.41, 5.74) is 2.65. The van der Waals surface area contributed by atoms with Crippen molar-refractivity contribution in [2.24, 2.45) is 0 Å².